The first-order valence-corrected chi connectivity index (χ1v) is 5.42. The molecule has 0 radical (unpaired) electrons. The highest BCUT2D eigenvalue weighted by atomic mass is 32.1. The van der Waals surface area contributed by atoms with E-state index in [1.807, 2.05) is 12.1 Å². The molecule has 0 saturated carbocycles. The van der Waals surface area contributed by atoms with Gasteiger partial charge in [-0.25, -0.2) is 0 Å². The van der Waals surface area contributed by atoms with Crippen LogP contribution in [0.25, 0.3) is 0 Å². The van der Waals surface area contributed by atoms with Crippen LogP contribution in [0.15, 0.2) is 12.1 Å². The third kappa shape index (κ3) is 2.82. The Kier molecular flexibility index (Phi) is 4.62. The zero-order valence-electron chi connectivity index (χ0n) is 8.53. The summed E-state index contributed by atoms with van der Waals surface area (Å²) in [5, 5.41) is 1.13. The van der Waals surface area contributed by atoms with Gasteiger partial charge in [0.15, 0.2) is 6.29 Å². The van der Waals surface area contributed by atoms with Gasteiger partial charge in [0.2, 0.25) is 0 Å². The molecule has 0 spiro atoms. The molecule has 0 fully saturated rings. The molecule has 0 aromatic carbocycles. The Balaban J connectivity index is 2.63. The molecule has 0 atom stereocenters. The minimum atomic E-state index is 0.710. The molecule has 1 heterocycles. The Hall–Kier alpha value is -0.870. The van der Waals surface area contributed by atoms with Gasteiger partial charge in [-0.15, -0.1) is 11.3 Å². The van der Waals surface area contributed by atoms with E-state index in [0.29, 0.717) is 6.61 Å². The van der Waals surface area contributed by atoms with Crippen LogP contribution < -0.4 is 4.90 Å². The first kappa shape index (κ1) is 11.2. The summed E-state index contributed by atoms with van der Waals surface area (Å²) < 4.78 is 5.02. The van der Waals surface area contributed by atoms with Gasteiger partial charge in [0, 0.05) is 20.2 Å². The molecule has 78 valence electrons. The van der Waals surface area contributed by atoms with E-state index in [4.69, 9.17) is 4.74 Å². The lowest BCUT2D eigenvalue weighted by molar-refractivity contribution is 0.112. The third-order valence-corrected chi connectivity index (χ3v) is 3.06. The highest BCUT2D eigenvalue weighted by Crippen LogP contribution is 2.24. The summed E-state index contributed by atoms with van der Waals surface area (Å²) in [6.45, 7) is 4.60. The number of rotatable bonds is 6. The second kappa shape index (κ2) is 5.78. The van der Waals surface area contributed by atoms with Crippen molar-refractivity contribution >= 4 is 22.6 Å². The van der Waals surface area contributed by atoms with Crippen LogP contribution >= 0.6 is 11.3 Å². The van der Waals surface area contributed by atoms with Crippen molar-refractivity contribution in [1.82, 2.24) is 0 Å². The minimum absolute atomic E-state index is 0.710. The number of carbonyl (C=O) groups excluding carboxylic acids is 1. The van der Waals surface area contributed by atoms with E-state index in [1.54, 1.807) is 7.11 Å². The highest BCUT2D eigenvalue weighted by molar-refractivity contribution is 7.17. The number of nitrogens with zero attached hydrogens (tertiary/aromatic N) is 1. The maximum absolute atomic E-state index is 10.5. The summed E-state index contributed by atoms with van der Waals surface area (Å²) in [5.41, 5.74) is 0. The number of hydrogen-bond donors (Lipinski definition) is 0. The summed E-state index contributed by atoms with van der Waals surface area (Å²) in [6, 6.07) is 3.83. The third-order valence-electron chi connectivity index (χ3n) is 1.99. The zero-order valence-corrected chi connectivity index (χ0v) is 9.34. The molecule has 14 heavy (non-hydrogen) atoms. The van der Waals surface area contributed by atoms with Crippen LogP contribution in [0.4, 0.5) is 5.00 Å². The van der Waals surface area contributed by atoms with Crippen molar-refractivity contribution in [3.8, 4) is 0 Å². The fourth-order valence-corrected chi connectivity index (χ4v) is 2.11. The van der Waals surface area contributed by atoms with Gasteiger partial charge in [-0.2, -0.15) is 0 Å². The van der Waals surface area contributed by atoms with Crippen molar-refractivity contribution in [2.45, 2.75) is 6.92 Å². The van der Waals surface area contributed by atoms with Crippen molar-refractivity contribution in [2.75, 3.05) is 31.7 Å². The number of methoxy groups -OCH3 is 1. The van der Waals surface area contributed by atoms with Gasteiger partial charge < -0.3 is 9.64 Å². The first-order chi connectivity index (χ1) is 6.81. The molecule has 3 nitrogen and oxygen atoms in total. The summed E-state index contributed by atoms with van der Waals surface area (Å²) in [7, 11) is 1.69. The molecule has 0 aliphatic carbocycles. The molecule has 0 aliphatic rings. The second-order valence-electron chi connectivity index (χ2n) is 2.87. The van der Waals surface area contributed by atoms with Gasteiger partial charge in [0.25, 0.3) is 0 Å². The predicted octanol–water partition coefficient (Wildman–Crippen LogP) is 2.03. The van der Waals surface area contributed by atoms with Gasteiger partial charge in [-0.1, -0.05) is 0 Å². The van der Waals surface area contributed by atoms with Crippen LogP contribution in [0.3, 0.4) is 0 Å². The number of aldehydes is 1. The Bertz CT molecular complexity index is 285. The fraction of sp³-hybridized carbons (Fsp3) is 0.500. The molecule has 1 aromatic heterocycles. The smallest absolute Gasteiger partial charge is 0.160 e. The summed E-state index contributed by atoms with van der Waals surface area (Å²) >= 11 is 1.52. The molecule has 1 rings (SSSR count). The first-order valence-electron chi connectivity index (χ1n) is 4.60. The van der Waals surface area contributed by atoms with Crippen LogP contribution in [-0.4, -0.2) is 33.1 Å². The van der Waals surface area contributed by atoms with Gasteiger partial charge >= 0.3 is 0 Å². The maximum Gasteiger partial charge on any atom is 0.160 e. The monoisotopic (exact) mass is 213 g/mol. The Morgan fingerprint density at radius 2 is 2.36 bits per heavy atom. The van der Waals surface area contributed by atoms with Gasteiger partial charge in [-0.3, -0.25) is 4.79 Å². The minimum Gasteiger partial charge on any atom is -0.383 e. The van der Waals surface area contributed by atoms with Crippen molar-refractivity contribution < 1.29 is 9.53 Å². The van der Waals surface area contributed by atoms with Crippen molar-refractivity contribution in [1.29, 1.82) is 0 Å². The molecule has 0 unspecified atom stereocenters. The van der Waals surface area contributed by atoms with Crippen LogP contribution in [0.5, 0.6) is 0 Å². The second-order valence-corrected chi connectivity index (χ2v) is 3.96. The average molecular weight is 213 g/mol. The predicted molar refractivity (Wildman–Crippen MR) is 59.5 cm³/mol. The molecule has 1 aromatic rings. The maximum atomic E-state index is 10.5. The van der Waals surface area contributed by atoms with Crippen molar-refractivity contribution in [3.63, 3.8) is 0 Å². The quantitative estimate of drug-likeness (QED) is 0.677. The normalized spacial score (nSPS) is 10.1. The van der Waals surface area contributed by atoms with E-state index in [-0.39, 0.29) is 0 Å². The molecular weight excluding hydrogens is 198 g/mol. The molecular formula is C10H15NO2S. The van der Waals surface area contributed by atoms with Gasteiger partial charge in [0.1, 0.15) is 0 Å². The van der Waals surface area contributed by atoms with Crippen molar-refractivity contribution in [3.05, 3.63) is 17.0 Å². The lowest BCUT2D eigenvalue weighted by atomic mass is 10.4. The Morgan fingerprint density at radius 1 is 1.57 bits per heavy atom. The number of likely N-dealkylation sites (N-methyl/N-ethyl adjacent to an activating group) is 1. The van der Waals surface area contributed by atoms with Crippen LogP contribution in [0.1, 0.15) is 16.6 Å². The number of ether oxygens (including phenoxy) is 1. The van der Waals surface area contributed by atoms with E-state index in [9.17, 15) is 4.79 Å². The van der Waals surface area contributed by atoms with Crippen LogP contribution in [0, 0.1) is 0 Å². The van der Waals surface area contributed by atoms with E-state index in [0.717, 1.165) is 29.3 Å². The molecule has 4 heteroatoms. The van der Waals surface area contributed by atoms with Gasteiger partial charge in [-0.05, 0) is 19.1 Å². The Morgan fingerprint density at radius 3 is 2.86 bits per heavy atom. The van der Waals surface area contributed by atoms with Crippen molar-refractivity contribution in [2.24, 2.45) is 0 Å². The molecule has 0 aliphatic heterocycles. The Labute approximate surface area is 88.3 Å². The average Bonchev–Trinajstić information content (AvgIpc) is 2.68. The largest absolute Gasteiger partial charge is 0.383 e. The lowest BCUT2D eigenvalue weighted by Crippen LogP contribution is -2.25. The summed E-state index contributed by atoms with van der Waals surface area (Å²) in [5.74, 6) is 0. The number of anilines is 1. The van der Waals surface area contributed by atoms with E-state index in [2.05, 4.69) is 11.8 Å². The summed E-state index contributed by atoms with van der Waals surface area (Å²) in [4.78, 5) is 13.5. The van der Waals surface area contributed by atoms with Crippen LogP contribution in [-0.2, 0) is 4.74 Å². The molecule has 0 bridgehead atoms. The number of hydrogen-bond acceptors (Lipinski definition) is 4. The highest BCUT2D eigenvalue weighted by Gasteiger charge is 2.06. The topological polar surface area (TPSA) is 29.5 Å². The zero-order chi connectivity index (χ0) is 10.4. The van der Waals surface area contributed by atoms with Gasteiger partial charge in [0.05, 0.1) is 16.5 Å². The fourth-order valence-electron chi connectivity index (χ4n) is 1.20. The van der Waals surface area contributed by atoms with E-state index in [1.165, 1.54) is 11.3 Å². The molecule has 0 amide bonds. The van der Waals surface area contributed by atoms with E-state index >= 15 is 0 Å². The van der Waals surface area contributed by atoms with E-state index < -0.39 is 0 Å². The molecule has 0 saturated heterocycles. The number of thiophene rings is 1. The molecule has 0 N–H and O–H groups in total. The lowest BCUT2D eigenvalue weighted by Gasteiger charge is -2.20. The standard InChI is InChI=1S/C10H15NO2S/c1-3-11(6-7-13-2)10-5-4-9(8-12)14-10/h4-5,8H,3,6-7H2,1-2H3. The summed E-state index contributed by atoms with van der Waals surface area (Å²) in [6.07, 6.45) is 0.887. The number of carbonyl (C=O) groups is 1. The van der Waals surface area contributed by atoms with Crippen LogP contribution in [0.2, 0.25) is 0 Å². The SMILES string of the molecule is CCN(CCOC)c1ccc(C=O)s1.